The van der Waals surface area contributed by atoms with Crippen molar-refractivity contribution in [3.63, 3.8) is 0 Å². The minimum atomic E-state index is 0.738. The van der Waals surface area contributed by atoms with Crippen LogP contribution >= 0.6 is 0 Å². The summed E-state index contributed by atoms with van der Waals surface area (Å²) in [4.78, 5) is 4.54. The van der Waals surface area contributed by atoms with Gasteiger partial charge in [0.15, 0.2) is 0 Å². The maximum atomic E-state index is 5.81. The first kappa shape index (κ1) is 17.0. The topological polar surface area (TPSA) is 27.7 Å². The van der Waals surface area contributed by atoms with Gasteiger partial charge in [0.2, 0.25) is 0 Å². The average molecular weight is 279 g/mol. The van der Waals surface area contributed by atoms with Crippen molar-refractivity contribution >= 4 is 0 Å². The Labute approximate surface area is 123 Å². The smallest absolute Gasteiger partial charge is 0.119 e. The van der Waals surface area contributed by atoms with Crippen LogP contribution in [0.1, 0.15) is 12.0 Å². The summed E-state index contributed by atoms with van der Waals surface area (Å²) < 4.78 is 5.81. The first-order valence-corrected chi connectivity index (χ1v) is 7.31. The fourth-order valence-corrected chi connectivity index (χ4v) is 2.04. The van der Waals surface area contributed by atoms with Crippen molar-refractivity contribution in [2.75, 3.05) is 54.4 Å². The highest BCUT2D eigenvalue weighted by molar-refractivity contribution is 5.28. The van der Waals surface area contributed by atoms with Crippen LogP contribution in [0.15, 0.2) is 24.3 Å². The van der Waals surface area contributed by atoms with Crippen LogP contribution in [0.4, 0.5) is 0 Å². The molecule has 1 rings (SSSR count). The number of benzene rings is 1. The van der Waals surface area contributed by atoms with Crippen LogP contribution in [0.5, 0.6) is 5.75 Å². The van der Waals surface area contributed by atoms with E-state index < -0.39 is 0 Å². The summed E-state index contributed by atoms with van der Waals surface area (Å²) in [6.07, 6.45) is 1.20. The van der Waals surface area contributed by atoms with Crippen LogP contribution in [0.3, 0.4) is 0 Å². The van der Waals surface area contributed by atoms with Crippen molar-refractivity contribution in [1.82, 2.24) is 15.1 Å². The molecular weight excluding hydrogens is 250 g/mol. The molecule has 1 aromatic rings. The molecule has 20 heavy (non-hydrogen) atoms. The van der Waals surface area contributed by atoms with Crippen molar-refractivity contribution in [1.29, 1.82) is 0 Å². The number of hydrogen-bond donors (Lipinski definition) is 1. The summed E-state index contributed by atoms with van der Waals surface area (Å²) in [6.45, 7) is 4.82. The van der Waals surface area contributed by atoms with E-state index in [1.807, 2.05) is 19.2 Å². The number of hydrogen-bond acceptors (Lipinski definition) is 4. The lowest BCUT2D eigenvalue weighted by atomic mass is 10.2. The van der Waals surface area contributed by atoms with Crippen LogP contribution in [0.25, 0.3) is 0 Å². The minimum Gasteiger partial charge on any atom is -0.492 e. The molecule has 0 aliphatic heterocycles. The molecule has 0 saturated heterocycles. The van der Waals surface area contributed by atoms with E-state index in [4.69, 9.17) is 4.74 Å². The zero-order chi connectivity index (χ0) is 14.8. The van der Waals surface area contributed by atoms with Gasteiger partial charge in [-0.05, 0) is 65.4 Å². The molecule has 114 valence electrons. The number of rotatable bonds is 10. The molecule has 0 spiro atoms. The van der Waals surface area contributed by atoms with E-state index in [9.17, 15) is 0 Å². The zero-order valence-corrected chi connectivity index (χ0v) is 13.4. The number of ether oxygens (including phenoxy) is 1. The molecule has 0 aromatic heterocycles. The fraction of sp³-hybridized carbons (Fsp3) is 0.625. The largest absolute Gasteiger partial charge is 0.492 e. The lowest BCUT2D eigenvalue weighted by Crippen LogP contribution is -2.27. The SMILES string of the molecule is CNCc1cccc(OCCN(C)CCCN(C)C)c1. The van der Waals surface area contributed by atoms with Crippen molar-refractivity contribution in [3.05, 3.63) is 29.8 Å². The first-order valence-electron chi connectivity index (χ1n) is 7.31. The summed E-state index contributed by atoms with van der Waals surface area (Å²) in [6, 6.07) is 8.27. The predicted molar refractivity (Wildman–Crippen MR) is 85.4 cm³/mol. The van der Waals surface area contributed by atoms with Gasteiger partial charge in [-0.3, -0.25) is 0 Å². The number of nitrogens with one attached hydrogen (secondary N) is 1. The standard InChI is InChI=1S/C16H29N3O/c1-17-14-15-7-5-8-16(13-15)20-12-11-19(4)10-6-9-18(2)3/h5,7-8,13,17H,6,9-12,14H2,1-4H3. The predicted octanol–water partition coefficient (Wildman–Crippen LogP) is 1.67. The lowest BCUT2D eigenvalue weighted by Gasteiger charge is -2.18. The molecule has 0 heterocycles. The van der Waals surface area contributed by atoms with E-state index in [1.54, 1.807) is 0 Å². The van der Waals surface area contributed by atoms with Crippen LogP contribution in [-0.4, -0.2) is 64.2 Å². The van der Waals surface area contributed by atoms with Crippen molar-refractivity contribution in [2.45, 2.75) is 13.0 Å². The van der Waals surface area contributed by atoms with E-state index in [0.717, 1.165) is 38.5 Å². The molecule has 0 aliphatic carbocycles. The number of likely N-dealkylation sites (N-methyl/N-ethyl adjacent to an activating group) is 1. The molecule has 0 saturated carbocycles. The van der Waals surface area contributed by atoms with Crippen molar-refractivity contribution in [2.24, 2.45) is 0 Å². The zero-order valence-electron chi connectivity index (χ0n) is 13.4. The Balaban J connectivity index is 2.21. The molecule has 0 radical (unpaired) electrons. The van der Waals surface area contributed by atoms with Gasteiger partial charge in [-0.1, -0.05) is 12.1 Å². The Morgan fingerprint density at radius 1 is 1.10 bits per heavy atom. The third-order valence-corrected chi connectivity index (χ3v) is 3.17. The van der Waals surface area contributed by atoms with E-state index >= 15 is 0 Å². The highest BCUT2D eigenvalue weighted by Crippen LogP contribution is 2.13. The normalized spacial score (nSPS) is 11.3. The third-order valence-electron chi connectivity index (χ3n) is 3.17. The van der Waals surface area contributed by atoms with Gasteiger partial charge in [0.1, 0.15) is 12.4 Å². The van der Waals surface area contributed by atoms with Gasteiger partial charge in [0.05, 0.1) is 0 Å². The van der Waals surface area contributed by atoms with Gasteiger partial charge in [-0.2, -0.15) is 0 Å². The highest BCUT2D eigenvalue weighted by atomic mass is 16.5. The molecule has 0 aliphatic rings. The van der Waals surface area contributed by atoms with Gasteiger partial charge in [0, 0.05) is 13.1 Å². The van der Waals surface area contributed by atoms with Crippen molar-refractivity contribution < 1.29 is 4.74 Å². The molecule has 4 heteroatoms. The average Bonchev–Trinajstić information content (AvgIpc) is 2.39. The monoisotopic (exact) mass is 279 g/mol. The Bertz CT molecular complexity index is 368. The third kappa shape index (κ3) is 7.48. The first-order chi connectivity index (χ1) is 9.61. The highest BCUT2D eigenvalue weighted by Gasteiger charge is 2.01. The fourth-order valence-electron chi connectivity index (χ4n) is 2.04. The van der Waals surface area contributed by atoms with Gasteiger partial charge < -0.3 is 19.9 Å². The van der Waals surface area contributed by atoms with Crippen LogP contribution in [0.2, 0.25) is 0 Å². The summed E-state index contributed by atoms with van der Waals surface area (Å²) >= 11 is 0. The Hall–Kier alpha value is -1.10. The van der Waals surface area contributed by atoms with Gasteiger partial charge >= 0.3 is 0 Å². The Kier molecular flexibility index (Phi) is 8.26. The molecule has 0 amide bonds. The second-order valence-corrected chi connectivity index (χ2v) is 5.49. The van der Waals surface area contributed by atoms with Crippen molar-refractivity contribution in [3.8, 4) is 5.75 Å². The summed E-state index contributed by atoms with van der Waals surface area (Å²) in [5.41, 5.74) is 1.25. The Morgan fingerprint density at radius 3 is 2.60 bits per heavy atom. The molecule has 4 nitrogen and oxygen atoms in total. The summed E-state index contributed by atoms with van der Waals surface area (Å²) in [5.74, 6) is 0.958. The van der Waals surface area contributed by atoms with Gasteiger partial charge in [-0.25, -0.2) is 0 Å². The van der Waals surface area contributed by atoms with E-state index in [-0.39, 0.29) is 0 Å². The van der Waals surface area contributed by atoms with E-state index in [2.05, 4.69) is 48.4 Å². The molecule has 0 unspecified atom stereocenters. The molecule has 0 atom stereocenters. The number of nitrogens with zero attached hydrogens (tertiary/aromatic N) is 2. The minimum absolute atomic E-state index is 0.738. The molecule has 1 N–H and O–H groups in total. The van der Waals surface area contributed by atoms with E-state index in [1.165, 1.54) is 12.0 Å². The van der Waals surface area contributed by atoms with Crippen LogP contribution in [0, 0.1) is 0 Å². The molecule has 1 aromatic carbocycles. The van der Waals surface area contributed by atoms with Crippen LogP contribution < -0.4 is 10.1 Å². The second kappa shape index (κ2) is 9.75. The molecular formula is C16H29N3O. The quantitative estimate of drug-likeness (QED) is 0.705. The van der Waals surface area contributed by atoms with E-state index in [0.29, 0.717) is 0 Å². The maximum absolute atomic E-state index is 5.81. The maximum Gasteiger partial charge on any atom is 0.119 e. The summed E-state index contributed by atoms with van der Waals surface area (Å²) in [7, 11) is 8.33. The summed E-state index contributed by atoms with van der Waals surface area (Å²) in [5, 5.41) is 3.15. The Morgan fingerprint density at radius 2 is 1.90 bits per heavy atom. The lowest BCUT2D eigenvalue weighted by molar-refractivity contribution is 0.229. The van der Waals surface area contributed by atoms with Crippen LogP contribution in [-0.2, 0) is 6.54 Å². The second-order valence-electron chi connectivity index (χ2n) is 5.49. The van der Waals surface area contributed by atoms with Gasteiger partial charge in [-0.15, -0.1) is 0 Å². The molecule has 0 fully saturated rings. The molecule has 0 bridgehead atoms. The van der Waals surface area contributed by atoms with Gasteiger partial charge in [0.25, 0.3) is 0 Å².